The van der Waals surface area contributed by atoms with Gasteiger partial charge in [0.25, 0.3) is 0 Å². The van der Waals surface area contributed by atoms with Gasteiger partial charge in [0, 0.05) is 24.7 Å². The molecule has 7 heteroatoms. The Bertz CT molecular complexity index is 1630. The zero-order valence-electron chi connectivity index (χ0n) is 31.0. The zero-order valence-corrected chi connectivity index (χ0v) is 31.9. The highest BCUT2D eigenvalue weighted by molar-refractivity contribution is 7.91. The Morgan fingerprint density at radius 3 is 2.29 bits per heavy atom. The van der Waals surface area contributed by atoms with Gasteiger partial charge in [0.15, 0.2) is 9.84 Å². The van der Waals surface area contributed by atoms with Gasteiger partial charge in [0.2, 0.25) is 0 Å². The SMILES string of the molecule is C=C(C)C1CCC2(NCCNC3CCS(=O)(=O)C3)CCC3(C)C(CCC4C5(C)CC=C(c6ccc(C(=O)O)cc6)C(C)(C)C5CCC43C)C12. The highest BCUT2D eigenvalue weighted by Crippen LogP contribution is 2.76. The molecule has 1 aromatic rings. The highest BCUT2D eigenvalue weighted by atomic mass is 32.2. The normalized spacial score (nSPS) is 43.4. The van der Waals surface area contributed by atoms with Crippen LogP contribution in [-0.2, 0) is 9.84 Å². The lowest BCUT2D eigenvalue weighted by molar-refractivity contribution is -0.219. The first kappa shape index (κ1) is 35.4. The second kappa shape index (κ2) is 12.0. The smallest absolute Gasteiger partial charge is 0.335 e. The maximum absolute atomic E-state index is 12.0. The van der Waals surface area contributed by atoms with E-state index in [4.69, 9.17) is 0 Å². The van der Waals surface area contributed by atoms with Crippen molar-refractivity contribution in [3.63, 3.8) is 0 Å². The number of carboxylic acids is 1. The van der Waals surface area contributed by atoms with E-state index in [9.17, 15) is 18.3 Å². The molecule has 10 unspecified atom stereocenters. The number of hydrogen-bond donors (Lipinski definition) is 3. The molecule has 0 bridgehead atoms. The lowest BCUT2D eigenvalue weighted by atomic mass is 9.33. The molecular formula is C42H62N2O4S. The molecule has 0 aromatic heterocycles. The van der Waals surface area contributed by atoms with Gasteiger partial charge >= 0.3 is 5.97 Å². The van der Waals surface area contributed by atoms with Gasteiger partial charge in [-0.3, -0.25) is 0 Å². The van der Waals surface area contributed by atoms with E-state index in [1.165, 1.54) is 68.1 Å². The van der Waals surface area contributed by atoms with Crippen molar-refractivity contribution >= 4 is 21.4 Å². The molecule has 1 saturated heterocycles. The monoisotopic (exact) mass is 690 g/mol. The minimum atomic E-state index is -2.87. The first-order chi connectivity index (χ1) is 23.0. The van der Waals surface area contributed by atoms with Crippen molar-refractivity contribution in [1.29, 1.82) is 0 Å². The number of rotatable bonds is 8. The number of allylic oxidation sites excluding steroid dienone is 3. The summed E-state index contributed by atoms with van der Waals surface area (Å²) >= 11 is 0. The molecule has 3 N–H and O–H groups in total. The van der Waals surface area contributed by atoms with Gasteiger partial charge in [0.05, 0.1) is 17.1 Å². The van der Waals surface area contributed by atoms with E-state index in [2.05, 4.69) is 64.8 Å². The molecule has 5 fully saturated rings. The summed E-state index contributed by atoms with van der Waals surface area (Å²) in [6.45, 7) is 21.5. The molecule has 6 aliphatic rings. The standard InChI is InChI=1S/C42H62N2O4S/c1-27(2)31-14-20-42(44-24-23-43-30-17-25-49(47,48)26-30)22-21-40(6)33(36(31)42)12-13-35-39(5)18-15-32(28-8-10-29(11-9-28)37(45)46)38(3,4)34(39)16-19-41(35,40)7/h8-11,15,30-31,33-36,43-44H,1,12-14,16-26H2,2-7H3,(H,45,46). The summed E-state index contributed by atoms with van der Waals surface area (Å²) in [6.07, 6.45) is 14.4. The number of fused-ring (bicyclic) bond motifs is 7. The zero-order chi connectivity index (χ0) is 35.2. The molecule has 1 aromatic carbocycles. The van der Waals surface area contributed by atoms with E-state index in [0.717, 1.165) is 25.9 Å². The molecule has 0 radical (unpaired) electrons. The summed E-state index contributed by atoms with van der Waals surface area (Å²) in [4.78, 5) is 11.5. The van der Waals surface area contributed by atoms with E-state index in [-0.39, 0.29) is 39.0 Å². The Morgan fingerprint density at radius 2 is 1.63 bits per heavy atom. The minimum absolute atomic E-state index is 0.00960. The Labute approximate surface area is 296 Å². The lowest BCUT2D eigenvalue weighted by Crippen LogP contribution is -2.68. The number of benzene rings is 1. The molecular weight excluding hydrogens is 629 g/mol. The van der Waals surface area contributed by atoms with Crippen LogP contribution in [0.2, 0.25) is 0 Å². The second-order valence-corrected chi connectivity index (χ2v) is 21.0. The Balaban J connectivity index is 1.14. The molecule has 4 saturated carbocycles. The molecule has 0 spiro atoms. The first-order valence-corrected chi connectivity index (χ1v) is 21.2. The van der Waals surface area contributed by atoms with Gasteiger partial charge in [-0.1, -0.05) is 65.0 Å². The summed E-state index contributed by atoms with van der Waals surface area (Å²) in [5, 5.41) is 17.2. The third-order valence-electron chi connectivity index (χ3n) is 16.4. The Kier molecular flexibility index (Phi) is 8.72. The largest absolute Gasteiger partial charge is 0.478 e. The van der Waals surface area contributed by atoms with Crippen LogP contribution in [0, 0.1) is 51.2 Å². The Hall–Kier alpha value is -1.96. The van der Waals surface area contributed by atoms with E-state index in [1.807, 2.05) is 12.1 Å². The van der Waals surface area contributed by atoms with Crippen molar-refractivity contribution in [3.8, 4) is 0 Å². The van der Waals surface area contributed by atoms with E-state index in [1.54, 1.807) is 12.1 Å². The molecule has 0 amide bonds. The summed E-state index contributed by atoms with van der Waals surface area (Å²) < 4.78 is 24.0. The van der Waals surface area contributed by atoms with Crippen LogP contribution in [0.15, 0.2) is 42.5 Å². The van der Waals surface area contributed by atoms with Gasteiger partial charge in [0.1, 0.15) is 0 Å². The summed E-state index contributed by atoms with van der Waals surface area (Å²) in [5.74, 6) is 2.81. The second-order valence-electron chi connectivity index (χ2n) is 18.7. The summed E-state index contributed by atoms with van der Waals surface area (Å²) in [7, 11) is -2.87. The van der Waals surface area contributed by atoms with E-state index >= 15 is 0 Å². The predicted octanol–water partition coefficient (Wildman–Crippen LogP) is 8.15. The minimum Gasteiger partial charge on any atom is -0.478 e. The fourth-order valence-corrected chi connectivity index (χ4v) is 15.6. The van der Waals surface area contributed by atoms with Crippen molar-refractivity contribution in [1.82, 2.24) is 10.6 Å². The average molecular weight is 691 g/mol. The number of carbonyl (C=O) groups is 1. The van der Waals surface area contributed by atoms with Crippen molar-refractivity contribution < 1.29 is 18.3 Å². The van der Waals surface area contributed by atoms with E-state index in [0.29, 0.717) is 40.9 Å². The first-order valence-electron chi connectivity index (χ1n) is 19.4. The summed E-state index contributed by atoms with van der Waals surface area (Å²) in [6, 6.07) is 7.67. The number of aromatic carboxylic acids is 1. The average Bonchev–Trinajstić information content (AvgIpc) is 3.59. The topological polar surface area (TPSA) is 95.5 Å². The van der Waals surface area contributed by atoms with Crippen LogP contribution in [0.5, 0.6) is 0 Å². The van der Waals surface area contributed by atoms with Crippen LogP contribution >= 0.6 is 0 Å². The number of carboxylic acid groups (broad SMARTS) is 1. The molecule has 7 rings (SSSR count). The molecule has 6 nitrogen and oxygen atoms in total. The molecule has 1 heterocycles. The molecule has 270 valence electrons. The predicted molar refractivity (Wildman–Crippen MR) is 199 cm³/mol. The van der Waals surface area contributed by atoms with Gasteiger partial charge in [-0.15, -0.1) is 0 Å². The van der Waals surface area contributed by atoms with Crippen LogP contribution in [0.3, 0.4) is 0 Å². The van der Waals surface area contributed by atoms with Gasteiger partial charge in [-0.05, 0) is 146 Å². The third-order valence-corrected chi connectivity index (χ3v) is 18.1. The number of nitrogens with one attached hydrogen (secondary N) is 2. The van der Waals surface area contributed by atoms with Crippen LogP contribution in [0.25, 0.3) is 5.57 Å². The highest BCUT2D eigenvalue weighted by Gasteiger charge is 2.70. The van der Waals surface area contributed by atoms with Crippen LogP contribution < -0.4 is 10.6 Å². The van der Waals surface area contributed by atoms with Gasteiger partial charge in [-0.25, -0.2) is 13.2 Å². The molecule has 10 atom stereocenters. The maximum Gasteiger partial charge on any atom is 0.335 e. The number of hydrogen-bond acceptors (Lipinski definition) is 5. The van der Waals surface area contributed by atoms with Gasteiger partial charge < -0.3 is 15.7 Å². The Morgan fingerprint density at radius 1 is 0.898 bits per heavy atom. The van der Waals surface area contributed by atoms with Crippen molar-refractivity contribution in [2.75, 3.05) is 24.6 Å². The fourth-order valence-electron chi connectivity index (χ4n) is 13.9. The quantitative estimate of drug-likeness (QED) is 0.188. The van der Waals surface area contributed by atoms with Crippen LogP contribution in [0.1, 0.15) is 122 Å². The van der Waals surface area contributed by atoms with Gasteiger partial charge in [-0.2, -0.15) is 0 Å². The van der Waals surface area contributed by atoms with Crippen molar-refractivity contribution in [2.45, 2.75) is 117 Å². The fraction of sp³-hybridized carbons (Fsp3) is 0.738. The third kappa shape index (κ3) is 5.45. The van der Waals surface area contributed by atoms with Crippen molar-refractivity contribution in [2.24, 2.45) is 51.2 Å². The van der Waals surface area contributed by atoms with Crippen LogP contribution in [-0.4, -0.2) is 55.7 Å². The van der Waals surface area contributed by atoms with Crippen molar-refractivity contribution in [3.05, 3.63) is 53.6 Å². The van der Waals surface area contributed by atoms with Crippen LogP contribution in [0.4, 0.5) is 0 Å². The molecule has 49 heavy (non-hydrogen) atoms. The maximum atomic E-state index is 12.0. The van der Waals surface area contributed by atoms with E-state index < -0.39 is 15.8 Å². The molecule has 5 aliphatic carbocycles. The lowest BCUT2D eigenvalue weighted by Gasteiger charge is -2.72. The molecule has 1 aliphatic heterocycles. The summed E-state index contributed by atoms with van der Waals surface area (Å²) in [5.41, 5.74) is 5.20. The number of sulfone groups is 1.